The summed E-state index contributed by atoms with van der Waals surface area (Å²) in [5.41, 5.74) is 0.907. The third-order valence-corrected chi connectivity index (χ3v) is 3.93. The molecule has 0 aromatic heterocycles. The number of carboxylic acids is 1. The molecule has 1 aromatic rings. The second-order valence-corrected chi connectivity index (χ2v) is 5.07. The zero-order chi connectivity index (χ0) is 13.1. The minimum atomic E-state index is -0.839. The molecule has 0 bridgehead atoms. The van der Waals surface area contributed by atoms with Crippen LogP contribution in [0.1, 0.15) is 17.9 Å². The average molecular weight is 269 g/mol. The minimum absolute atomic E-state index is 0.0779. The zero-order valence-corrected chi connectivity index (χ0v) is 10.7. The van der Waals surface area contributed by atoms with Gasteiger partial charge in [-0.15, -0.1) is 11.8 Å². The summed E-state index contributed by atoms with van der Waals surface area (Å²) in [5.74, 6) is 0.216. The molecule has 1 aliphatic heterocycles. The first kappa shape index (κ1) is 13.0. The van der Waals surface area contributed by atoms with E-state index < -0.39 is 12.0 Å². The maximum atomic E-state index is 10.9. The van der Waals surface area contributed by atoms with Gasteiger partial charge in [-0.3, -0.25) is 10.1 Å². The molecule has 2 atom stereocenters. The monoisotopic (exact) mass is 269 g/mol. The highest BCUT2D eigenvalue weighted by Crippen LogP contribution is 2.37. The average Bonchev–Trinajstić information content (AvgIpc) is 2.82. The Bertz CT molecular complexity index is 452. The van der Waals surface area contributed by atoms with E-state index in [0.717, 1.165) is 5.56 Å². The smallest absolute Gasteiger partial charge is 0.321 e. The van der Waals surface area contributed by atoms with Crippen molar-refractivity contribution in [3.8, 4) is 11.5 Å². The molecule has 5 nitrogen and oxygen atoms in total. The fourth-order valence-electron chi connectivity index (χ4n) is 1.77. The van der Waals surface area contributed by atoms with Gasteiger partial charge in [0.05, 0.1) is 12.0 Å². The first-order chi connectivity index (χ1) is 8.61. The van der Waals surface area contributed by atoms with E-state index in [2.05, 4.69) is 5.32 Å². The van der Waals surface area contributed by atoms with Gasteiger partial charge in [0, 0.05) is 5.75 Å². The largest absolute Gasteiger partial charge is 0.504 e. The molecule has 3 N–H and O–H groups in total. The Morgan fingerprint density at radius 3 is 3.00 bits per heavy atom. The molecule has 0 amide bonds. The molecule has 0 aliphatic carbocycles. The summed E-state index contributed by atoms with van der Waals surface area (Å²) in [6.07, 6.45) is 0. The van der Waals surface area contributed by atoms with Crippen LogP contribution in [-0.4, -0.2) is 34.6 Å². The van der Waals surface area contributed by atoms with Gasteiger partial charge >= 0.3 is 5.97 Å². The fraction of sp³-hybridized carbons (Fsp3) is 0.417. The van der Waals surface area contributed by atoms with Crippen molar-refractivity contribution in [2.75, 3.05) is 12.4 Å². The number of carboxylic acid groups (broad SMARTS) is 1. The van der Waals surface area contributed by atoms with Crippen molar-refractivity contribution >= 4 is 17.7 Å². The summed E-state index contributed by atoms with van der Waals surface area (Å²) < 4.78 is 5.31. The molecule has 0 radical (unpaired) electrons. The molecular weight excluding hydrogens is 254 g/mol. The number of carbonyl (C=O) groups is 1. The van der Waals surface area contributed by atoms with Crippen LogP contribution in [0.25, 0.3) is 0 Å². The van der Waals surface area contributed by atoms with Crippen molar-refractivity contribution in [1.29, 1.82) is 0 Å². The number of hydrogen-bond donors (Lipinski definition) is 3. The number of aliphatic carboxylic acids is 1. The Morgan fingerprint density at radius 1 is 1.61 bits per heavy atom. The minimum Gasteiger partial charge on any atom is -0.504 e. The van der Waals surface area contributed by atoms with Crippen molar-refractivity contribution in [3.63, 3.8) is 0 Å². The van der Waals surface area contributed by atoms with E-state index in [4.69, 9.17) is 9.84 Å². The van der Waals surface area contributed by atoms with Crippen molar-refractivity contribution in [2.24, 2.45) is 0 Å². The molecule has 1 aliphatic rings. The van der Waals surface area contributed by atoms with Gasteiger partial charge in [0.15, 0.2) is 11.5 Å². The quantitative estimate of drug-likeness (QED) is 0.770. The number of phenolic OH excluding ortho intramolecular Hbond substituents is 1. The van der Waals surface area contributed by atoms with Crippen LogP contribution in [0.4, 0.5) is 0 Å². The summed E-state index contributed by atoms with van der Waals surface area (Å²) in [7, 11) is 0. The van der Waals surface area contributed by atoms with Crippen LogP contribution in [0.3, 0.4) is 0 Å². The van der Waals surface area contributed by atoms with Crippen LogP contribution in [0, 0.1) is 0 Å². The highest BCUT2D eigenvalue weighted by molar-refractivity contribution is 7.99. The Hall–Kier alpha value is -1.40. The van der Waals surface area contributed by atoms with Crippen molar-refractivity contribution in [1.82, 2.24) is 5.32 Å². The lowest BCUT2D eigenvalue weighted by atomic mass is 10.2. The number of ether oxygens (including phenoxy) is 1. The third-order valence-electron chi connectivity index (χ3n) is 2.67. The molecule has 1 fully saturated rings. The molecular formula is C12H15NO4S. The van der Waals surface area contributed by atoms with Gasteiger partial charge in [0.25, 0.3) is 0 Å². The van der Waals surface area contributed by atoms with Crippen LogP contribution in [0.2, 0.25) is 0 Å². The van der Waals surface area contributed by atoms with E-state index in [1.54, 1.807) is 18.2 Å². The van der Waals surface area contributed by atoms with Crippen molar-refractivity contribution in [2.45, 2.75) is 18.3 Å². The summed E-state index contributed by atoms with van der Waals surface area (Å²) in [5, 5.41) is 21.5. The van der Waals surface area contributed by atoms with Gasteiger partial charge in [-0.2, -0.15) is 0 Å². The number of aromatic hydroxyl groups is 1. The number of hydrogen-bond acceptors (Lipinski definition) is 5. The predicted octanol–water partition coefficient (Wildman–Crippen LogP) is 1.58. The van der Waals surface area contributed by atoms with E-state index in [1.807, 2.05) is 6.92 Å². The Labute approximate surface area is 109 Å². The number of rotatable bonds is 4. The van der Waals surface area contributed by atoms with E-state index in [0.29, 0.717) is 18.1 Å². The van der Waals surface area contributed by atoms with Gasteiger partial charge in [0.1, 0.15) is 6.04 Å². The SMILES string of the molecule is CCOc1cc(C2N[C@@H](C(=O)O)CS2)ccc1O. The van der Waals surface area contributed by atoms with E-state index in [9.17, 15) is 9.90 Å². The number of benzene rings is 1. The van der Waals surface area contributed by atoms with Crippen molar-refractivity contribution in [3.05, 3.63) is 23.8 Å². The van der Waals surface area contributed by atoms with Gasteiger partial charge in [0.2, 0.25) is 0 Å². The molecule has 1 aromatic carbocycles. The molecule has 6 heteroatoms. The van der Waals surface area contributed by atoms with Crippen LogP contribution in [0.15, 0.2) is 18.2 Å². The molecule has 2 rings (SSSR count). The van der Waals surface area contributed by atoms with Crippen LogP contribution in [-0.2, 0) is 4.79 Å². The van der Waals surface area contributed by atoms with Gasteiger partial charge in [-0.05, 0) is 24.6 Å². The molecule has 0 spiro atoms. The van der Waals surface area contributed by atoms with Crippen molar-refractivity contribution < 1.29 is 19.7 Å². The fourth-order valence-corrected chi connectivity index (χ4v) is 2.99. The first-order valence-electron chi connectivity index (χ1n) is 5.68. The topological polar surface area (TPSA) is 78.8 Å². The highest BCUT2D eigenvalue weighted by atomic mass is 32.2. The number of thioether (sulfide) groups is 1. The Kier molecular flexibility index (Phi) is 3.98. The zero-order valence-electron chi connectivity index (χ0n) is 9.92. The van der Waals surface area contributed by atoms with Crippen LogP contribution < -0.4 is 10.1 Å². The van der Waals surface area contributed by atoms with Gasteiger partial charge in [-0.25, -0.2) is 0 Å². The molecule has 18 heavy (non-hydrogen) atoms. The highest BCUT2D eigenvalue weighted by Gasteiger charge is 2.30. The summed E-state index contributed by atoms with van der Waals surface area (Å²) in [6, 6.07) is 4.56. The van der Waals surface area contributed by atoms with E-state index >= 15 is 0 Å². The first-order valence-corrected chi connectivity index (χ1v) is 6.73. The maximum absolute atomic E-state index is 10.9. The maximum Gasteiger partial charge on any atom is 0.321 e. The normalized spacial score (nSPS) is 22.9. The van der Waals surface area contributed by atoms with Crippen LogP contribution >= 0.6 is 11.8 Å². The number of nitrogens with one attached hydrogen (secondary N) is 1. The Balaban J connectivity index is 2.14. The van der Waals surface area contributed by atoms with E-state index in [-0.39, 0.29) is 11.1 Å². The molecule has 98 valence electrons. The second-order valence-electron chi connectivity index (χ2n) is 3.93. The lowest BCUT2D eigenvalue weighted by Gasteiger charge is -2.13. The second kappa shape index (κ2) is 5.49. The molecule has 0 saturated carbocycles. The molecule has 1 unspecified atom stereocenters. The summed E-state index contributed by atoms with van der Waals surface area (Å²) in [4.78, 5) is 10.9. The predicted molar refractivity (Wildman–Crippen MR) is 69.0 cm³/mol. The lowest BCUT2D eigenvalue weighted by Crippen LogP contribution is -2.33. The lowest BCUT2D eigenvalue weighted by molar-refractivity contribution is -0.138. The van der Waals surface area contributed by atoms with Crippen LogP contribution in [0.5, 0.6) is 11.5 Å². The van der Waals surface area contributed by atoms with E-state index in [1.165, 1.54) is 11.8 Å². The van der Waals surface area contributed by atoms with Gasteiger partial charge in [-0.1, -0.05) is 6.07 Å². The number of phenols is 1. The summed E-state index contributed by atoms with van der Waals surface area (Å²) >= 11 is 1.54. The molecule has 1 heterocycles. The Morgan fingerprint density at radius 2 is 2.39 bits per heavy atom. The third kappa shape index (κ3) is 2.70. The van der Waals surface area contributed by atoms with Gasteiger partial charge < -0.3 is 14.9 Å². The standard InChI is InChI=1S/C12H15NO4S/c1-2-17-10-5-7(3-4-9(10)14)11-13-8(6-18-11)12(15)16/h3-5,8,11,13-14H,2,6H2,1H3,(H,15,16)/t8-,11?/m1/s1. The summed E-state index contributed by atoms with van der Waals surface area (Å²) in [6.45, 7) is 2.31. The molecule has 1 saturated heterocycles.